The summed E-state index contributed by atoms with van der Waals surface area (Å²) >= 11 is 0. The highest BCUT2D eigenvalue weighted by atomic mass is 16.5. The third-order valence-corrected chi connectivity index (χ3v) is 6.35. The normalized spacial score (nSPS) is 28.1. The van der Waals surface area contributed by atoms with Gasteiger partial charge in [0.25, 0.3) is 0 Å². The van der Waals surface area contributed by atoms with Crippen molar-refractivity contribution in [3.63, 3.8) is 0 Å². The molecule has 2 aliphatic rings. The Hall–Kier alpha value is -3.19. The summed E-state index contributed by atoms with van der Waals surface area (Å²) in [7, 11) is 1.52. The van der Waals surface area contributed by atoms with E-state index in [1.165, 1.54) is 7.11 Å². The van der Waals surface area contributed by atoms with Crippen LogP contribution in [0.3, 0.4) is 0 Å². The fourth-order valence-electron chi connectivity index (χ4n) is 4.94. The van der Waals surface area contributed by atoms with Crippen molar-refractivity contribution in [1.82, 2.24) is 5.32 Å². The number of carboxylic acids is 1. The molecule has 4 rings (SSSR count). The van der Waals surface area contributed by atoms with Crippen LogP contribution in [0.4, 0.5) is 5.69 Å². The zero-order valence-electron chi connectivity index (χ0n) is 17.0. The summed E-state index contributed by atoms with van der Waals surface area (Å²) in [5, 5.41) is 13.4. The van der Waals surface area contributed by atoms with E-state index in [1.807, 2.05) is 0 Å². The van der Waals surface area contributed by atoms with Crippen molar-refractivity contribution in [1.29, 1.82) is 0 Å². The van der Waals surface area contributed by atoms with Crippen LogP contribution in [0.25, 0.3) is 0 Å². The molecule has 2 fully saturated rings. The van der Waals surface area contributed by atoms with Crippen LogP contribution >= 0.6 is 0 Å². The highest BCUT2D eigenvalue weighted by Gasteiger charge is 2.69. The zero-order chi connectivity index (χ0) is 21.6. The molecule has 2 amide bonds. The van der Waals surface area contributed by atoms with Gasteiger partial charge in [-0.3, -0.25) is 19.7 Å². The molecule has 4 unspecified atom stereocenters. The minimum Gasteiger partial charge on any atom is -0.496 e. The first-order valence-corrected chi connectivity index (χ1v) is 9.91. The van der Waals surface area contributed by atoms with E-state index >= 15 is 0 Å². The Labute approximate surface area is 174 Å². The largest absolute Gasteiger partial charge is 0.496 e. The summed E-state index contributed by atoms with van der Waals surface area (Å²) in [5.74, 6) is -3.81. The summed E-state index contributed by atoms with van der Waals surface area (Å²) in [6.07, 6.45) is 0. The Kier molecular flexibility index (Phi) is 4.86. The molecule has 0 bridgehead atoms. The summed E-state index contributed by atoms with van der Waals surface area (Å²) in [5.41, 5.74) is -0.467. The van der Waals surface area contributed by atoms with E-state index in [9.17, 15) is 19.5 Å². The Bertz CT molecular complexity index is 1010. The predicted octanol–water partition coefficient (Wildman–Crippen LogP) is 2.62. The molecule has 30 heavy (non-hydrogen) atoms. The number of aliphatic carboxylic acids is 1. The van der Waals surface area contributed by atoms with Gasteiger partial charge in [0, 0.05) is 11.6 Å². The van der Waals surface area contributed by atoms with Gasteiger partial charge < -0.3 is 9.84 Å². The fourth-order valence-corrected chi connectivity index (χ4v) is 4.94. The fraction of sp³-hybridized carbons (Fsp3) is 0.348. The molecule has 4 atom stereocenters. The highest BCUT2D eigenvalue weighted by molar-refractivity contribution is 6.24. The number of amides is 2. The van der Waals surface area contributed by atoms with Gasteiger partial charge in [-0.05, 0) is 24.1 Å². The molecule has 0 aromatic heterocycles. The molecule has 0 spiro atoms. The number of nitrogens with one attached hydrogen (secondary N) is 1. The van der Waals surface area contributed by atoms with E-state index in [2.05, 4.69) is 5.32 Å². The average molecular weight is 408 g/mol. The van der Waals surface area contributed by atoms with Crippen LogP contribution in [0.15, 0.2) is 54.6 Å². The second kappa shape index (κ2) is 7.25. The second-order valence-corrected chi connectivity index (χ2v) is 8.04. The van der Waals surface area contributed by atoms with Crippen molar-refractivity contribution in [2.24, 2.45) is 17.8 Å². The topological polar surface area (TPSA) is 95.9 Å². The van der Waals surface area contributed by atoms with Crippen molar-refractivity contribution in [2.75, 3.05) is 12.0 Å². The minimum absolute atomic E-state index is 0.400. The number of nitrogens with zero attached hydrogens (tertiary/aromatic N) is 1. The van der Waals surface area contributed by atoms with Gasteiger partial charge in [0.05, 0.1) is 24.6 Å². The number of benzene rings is 2. The summed E-state index contributed by atoms with van der Waals surface area (Å²) in [6, 6.07) is 15.1. The number of methoxy groups -OCH3 is 1. The van der Waals surface area contributed by atoms with E-state index in [1.54, 1.807) is 68.4 Å². The Balaban J connectivity index is 1.91. The molecule has 0 aliphatic carbocycles. The van der Waals surface area contributed by atoms with Gasteiger partial charge in [-0.15, -0.1) is 0 Å². The number of hydrogen-bond donors (Lipinski definition) is 2. The smallest absolute Gasteiger partial charge is 0.325 e. The number of carbonyl (C=O) groups is 3. The number of imide groups is 1. The van der Waals surface area contributed by atoms with Crippen molar-refractivity contribution in [2.45, 2.75) is 25.4 Å². The van der Waals surface area contributed by atoms with Crippen LogP contribution in [0, 0.1) is 17.8 Å². The standard InChI is InChI=1S/C23H24N2O5/c1-13(2)23(22(28)29)18-17(19(24-23)15-11-7-8-12-16(15)30-3)20(26)25(21(18)27)14-9-5-4-6-10-14/h4-13,17-19,24H,1-3H3,(H,28,29). The predicted molar refractivity (Wildman–Crippen MR) is 110 cm³/mol. The number of carboxylic acid groups (broad SMARTS) is 1. The quantitative estimate of drug-likeness (QED) is 0.739. The number of para-hydroxylation sites is 2. The van der Waals surface area contributed by atoms with Crippen LogP contribution in [0.1, 0.15) is 25.5 Å². The Morgan fingerprint density at radius 1 is 1.07 bits per heavy atom. The molecule has 7 heteroatoms. The van der Waals surface area contributed by atoms with E-state index in [-0.39, 0.29) is 0 Å². The van der Waals surface area contributed by atoms with Gasteiger partial charge in [-0.25, -0.2) is 4.90 Å². The first-order valence-electron chi connectivity index (χ1n) is 9.91. The molecule has 2 aliphatic heterocycles. The first kappa shape index (κ1) is 20.1. The van der Waals surface area contributed by atoms with Gasteiger partial charge >= 0.3 is 5.97 Å². The SMILES string of the molecule is COc1ccccc1C1NC(C(=O)O)(C(C)C)C2C(=O)N(c3ccccc3)C(=O)C12. The Morgan fingerprint density at radius 3 is 2.30 bits per heavy atom. The van der Waals surface area contributed by atoms with Crippen molar-refractivity contribution in [3.8, 4) is 5.75 Å². The lowest BCUT2D eigenvalue weighted by molar-refractivity contribution is -0.151. The molecule has 7 nitrogen and oxygen atoms in total. The van der Waals surface area contributed by atoms with E-state index in [0.29, 0.717) is 17.0 Å². The lowest BCUT2D eigenvalue weighted by Gasteiger charge is -2.34. The lowest BCUT2D eigenvalue weighted by atomic mass is 9.73. The third kappa shape index (κ3) is 2.65. The molecule has 2 N–H and O–H groups in total. The van der Waals surface area contributed by atoms with Crippen molar-refractivity contribution < 1.29 is 24.2 Å². The molecule has 2 heterocycles. The van der Waals surface area contributed by atoms with Crippen molar-refractivity contribution >= 4 is 23.5 Å². The molecule has 2 aromatic rings. The van der Waals surface area contributed by atoms with E-state index in [0.717, 1.165) is 4.90 Å². The van der Waals surface area contributed by atoms with Gasteiger partial charge in [-0.2, -0.15) is 0 Å². The summed E-state index contributed by atoms with van der Waals surface area (Å²) in [4.78, 5) is 40.8. The average Bonchev–Trinajstić information content (AvgIpc) is 3.23. The molecule has 0 radical (unpaired) electrons. The van der Waals surface area contributed by atoms with E-state index < -0.39 is 47.1 Å². The maximum atomic E-state index is 13.5. The minimum atomic E-state index is -1.58. The second-order valence-electron chi connectivity index (χ2n) is 8.04. The van der Waals surface area contributed by atoms with Crippen LogP contribution in [0.5, 0.6) is 5.75 Å². The van der Waals surface area contributed by atoms with E-state index in [4.69, 9.17) is 4.74 Å². The number of rotatable bonds is 5. The molecule has 0 saturated carbocycles. The summed E-state index contributed by atoms with van der Waals surface area (Å²) < 4.78 is 5.47. The van der Waals surface area contributed by atoms with Crippen LogP contribution in [-0.2, 0) is 14.4 Å². The number of carbonyl (C=O) groups excluding carboxylic acids is 2. The van der Waals surface area contributed by atoms with Crippen molar-refractivity contribution in [3.05, 3.63) is 60.2 Å². The van der Waals surface area contributed by atoms with Gasteiger partial charge in [0.1, 0.15) is 11.3 Å². The molecular weight excluding hydrogens is 384 g/mol. The Morgan fingerprint density at radius 2 is 1.70 bits per heavy atom. The van der Waals surface area contributed by atoms with Gasteiger partial charge in [-0.1, -0.05) is 50.2 Å². The monoisotopic (exact) mass is 408 g/mol. The molecular formula is C23H24N2O5. The number of hydrogen-bond acceptors (Lipinski definition) is 5. The van der Waals surface area contributed by atoms with Gasteiger partial charge in [0.2, 0.25) is 11.8 Å². The first-order chi connectivity index (χ1) is 14.3. The number of ether oxygens (including phenoxy) is 1. The molecule has 156 valence electrons. The highest BCUT2D eigenvalue weighted by Crippen LogP contribution is 2.53. The number of anilines is 1. The maximum absolute atomic E-state index is 13.5. The zero-order valence-corrected chi connectivity index (χ0v) is 17.0. The third-order valence-electron chi connectivity index (χ3n) is 6.35. The number of fused-ring (bicyclic) bond motifs is 1. The molecule has 2 saturated heterocycles. The molecule has 2 aromatic carbocycles. The maximum Gasteiger partial charge on any atom is 0.325 e. The summed E-state index contributed by atoms with van der Waals surface area (Å²) in [6.45, 7) is 3.51. The lowest BCUT2D eigenvalue weighted by Crippen LogP contribution is -2.59. The van der Waals surface area contributed by atoms with Crippen LogP contribution < -0.4 is 15.0 Å². The van der Waals surface area contributed by atoms with Crippen LogP contribution in [0.2, 0.25) is 0 Å². The van der Waals surface area contributed by atoms with Crippen LogP contribution in [-0.4, -0.2) is 35.5 Å². The van der Waals surface area contributed by atoms with Gasteiger partial charge in [0.15, 0.2) is 0 Å².